The average Bonchev–Trinajstić information content (AvgIpc) is 2.12. The standard InChI is InChI=1S/C7H11BrN2O/c1-7(2,11)5-10-6(8)3-4-9-10/h3-4,11H,5H2,1-2H3. The Morgan fingerprint density at radius 1 is 1.73 bits per heavy atom. The molecule has 0 aromatic carbocycles. The van der Waals surface area contributed by atoms with Gasteiger partial charge in [-0.2, -0.15) is 5.10 Å². The van der Waals surface area contributed by atoms with Crippen LogP contribution in [0, 0.1) is 0 Å². The van der Waals surface area contributed by atoms with E-state index in [1.807, 2.05) is 6.07 Å². The average molecular weight is 219 g/mol. The molecule has 0 saturated heterocycles. The predicted octanol–water partition coefficient (Wildman–Crippen LogP) is 1.42. The number of rotatable bonds is 2. The highest BCUT2D eigenvalue weighted by atomic mass is 79.9. The maximum Gasteiger partial charge on any atom is 0.104 e. The Labute approximate surface area is 74.2 Å². The van der Waals surface area contributed by atoms with Gasteiger partial charge in [0.1, 0.15) is 4.60 Å². The Morgan fingerprint density at radius 3 is 2.73 bits per heavy atom. The first kappa shape index (κ1) is 8.74. The first-order chi connectivity index (χ1) is 4.99. The minimum Gasteiger partial charge on any atom is -0.389 e. The molecule has 0 saturated carbocycles. The Bertz CT molecular complexity index is 239. The third-order valence-corrected chi connectivity index (χ3v) is 1.88. The largest absolute Gasteiger partial charge is 0.389 e. The topological polar surface area (TPSA) is 38.0 Å². The van der Waals surface area contributed by atoms with Gasteiger partial charge in [-0.3, -0.25) is 4.68 Å². The van der Waals surface area contributed by atoms with Gasteiger partial charge < -0.3 is 5.11 Å². The Balaban J connectivity index is 2.72. The second-order valence-electron chi connectivity index (χ2n) is 3.12. The van der Waals surface area contributed by atoms with Crippen molar-refractivity contribution < 1.29 is 5.11 Å². The fourth-order valence-corrected chi connectivity index (χ4v) is 1.13. The maximum absolute atomic E-state index is 9.43. The monoisotopic (exact) mass is 218 g/mol. The quantitative estimate of drug-likeness (QED) is 0.816. The Morgan fingerprint density at radius 2 is 2.36 bits per heavy atom. The summed E-state index contributed by atoms with van der Waals surface area (Å²) in [7, 11) is 0. The van der Waals surface area contributed by atoms with Crippen LogP contribution < -0.4 is 0 Å². The molecule has 0 aliphatic carbocycles. The number of hydrogen-bond donors (Lipinski definition) is 1. The van der Waals surface area contributed by atoms with E-state index < -0.39 is 5.60 Å². The van der Waals surface area contributed by atoms with Crippen LogP contribution in [0.4, 0.5) is 0 Å². The smallest absolute Gasteiger partial charge is 0.104 e. The molecule has 0 aliphatic heterocycles. The van der Waals surface area contributed by atoms with Gasteiger partial charge in [0, 0.05) is 0 Å². The van der Waals surface area contributed by atoms with Crippen molar-refractivity contribution in [1.29, 1.82) is 0 Å². The molecule has 1 aromatic rings. The molecule has 1 heterocycles. The summed E-state index contributed by atoms with van der Waals surface area (Å²) in [5.74, 6) is 0. The summed E-state index contributed by atoms with van der Waals surface area (Å²) < 4.78 is 2.60. The van der Waals surface area contributed by atoms with Crippen LogP contribution in [0.3, 0.4) is 0 Å². The van der Waals surface area contributed by atoms with Crippen molar-refractivity contribution in [2.45, 2.75) is 26.0 Å². The summed E-state index contributed by atoms with van der Waals surface area (Å²) in [5, 5.41) is 13.4. The fraction of sp³-hybridized carbons (Fsp3) is 0.571. The van der Waals surface area contributed by atoms with E-state index in [-0.39, 0.29) is 0 Å². The molecular weight excluding hydrogens is 208 g/mol. The lowest BCUT2D eigenvalue weighted by atomic mass is 10.1. The molecule has 0 spiro atoms. The van der Waals surface area contributed by atoms with Gasteiger partial charge in [0.15, 0.2) is 0 Å². The van der Waals surface area contributed by atoms with Crippen LogP contribution in [0.2, 0.25) is 0 Å². The van der Waals surface area contributed by atoms with Crippen LogP contribution in [0.1, 0.15) is 13.8 Å². The number of aliphatic hydroxyl groups is 1. The molecule has 0 atom stereocenters. The van der Waals surface area contributed by atoms with E-state index in [2.05, 4.69) is 21.0 Å². The highest BCUT2D eigenvalue weighted by Gasteiger charge is 2.14. The van der Waals surface area contributed by atoms with Crippen molar-refractivity contribution in [3.8, 4) is 0 Å². The lowest BCUT2D eigenvalue weighted by Gasteiger charge is -2.17. The summed E-state index contributed by atoms with van der Waals surface area (Å²) in [5.41, 5.74) is -0.714. The maximum atomic E-state index is 9.43. The Kier molecular flexibility index (Phi) is 2.34. The molecule has 4 heteroatoms. The number of nitrogens with zero attached hydrogens (tertiary/aromatic N) is 2. The molecule has 0 amide bonds. The highest BCUT2D eigenvalue weighted by Crippen LogP contribution is 2.12. The van der Waals surface area contributed by atoms with Crippen LogP contribution >= 0.6 is 15.9 Å². The second-order valence-corrected chi connectivity index (χ2v) is 3.94. The van der Waals surface area contributed by atoms with Crippen LogP contribution in [-0.2, 0) is 6.54 Å². The third kappa shape index (κ3) is 2.63. The van der Waals surface area contributed by atoms with E-state index in [0.717, 1.165) is 4.60 Å². The second kappa shape index (κ2) is 2.95. The normalized spacial score (nSPS) is 12.0. The van der Waals surface area contributed by atoms with Crippen molar-refractivity contribution in [2.24, 2.45) is 0 Å². The number of halogens is 1. The summed E-state index contributed by atoms with van der Waals surface area (Å²) in [6, 6.07) is 1.84. The molecule has 0 bridgehead atoms. The van der Waals surface area contributed by atoms with E-state index in [9.17, 15) is 5.11 Å². The molecule has 1 N–H and O–H groups in total. The first-order valence-corrected chi connectivity index (χ1v) is 4.18. The van der Waals surface area contributed by atoms with Crippen molar-refractivity contribution >= 4 is 15.9 Å². The van der Waals surface area contributed by atoms with Crippen molar-refractivity contribution in [2.75, 3.05) is 0 Å². The zero-order chi connectivity index (χ0) is 8.48. The van der Waals surface area contributed by atoms with E-state index in [0.29, 0.717) is 6.54 Å². The van der Waals surface area contributed by atoms with Gasteiger partial charge in [0.2, 0.25) is 0 Å². The van der Waals surface area contributed by atoms with Crippen molar-refractivity contribution in [3.05, 3.63) is 16.9 Å². The van der Waals surface area contributed by atoms with Crippen LogP contribution in [0.5, 0.6) is 0 Å². The van der Waals surface area contributed by atoms with Gasteiger partial charge >= 0.3 is 0 Å². The first-order valence-electron chi connectivity index (χ1n) is 3.39. The van der Waals surface area contributed by atoms with Crippen molar-refractivity contribution in [1.82, 2.24) is 9.78 Å². The molecule has 0 radical (unpaired) electrons. The molecule has 1 rings (SSSR count). The summed E-state index contributed by atoms with van der Waals surface area (Å²) in [4.78, 5) is 0. The van der Waals surface area contributed by atoms with E-state index in [4.69, 9.17) is 0 Å². The number of aromatic nitrogens is 2. The molecule has 11 heavy (non-hydrogen) atoms. The zero-order valence-corrected chi connectivity index (χ0v) is 8.17. The van der Waals surface area contributed by atoms with Crippen LogP contribution in [0.25, 0.3) is 0 Å². The molecule has 62 valence electrons. The van der Waals surface area contributed by atoms with Crippen molar-refractivity contribution in [3.63, 3.8) is 0 Å². The summed E-state index contributed by atoms with van der Waals surface area (Å²) >= 11 is 3.31. The van der Waals surface area contributed by atoms with Gasteiger partial charge in [-0.1, -0.05) is 0 Å². The molecule has 3 nitrogen and oxygen atoms in total. The van der Waals surface area contributed by atoms with Gasteiger partial charge in [-0.25, -0.2) is 0 Å². The van der Waals surface area contributed by atoms with Crippen LogP contribution in [-0.4, -0.2) is 20.5 Å². The SMILES string of the molecule is CC(C)(O)Cn1nccc1Br. The fourth-order valence-electron chi connectivity index (χ4n) is 0.799. The molecule has 0 fully saturated rings. The van der Waals surface area contributed by atoms with E-state index in [1.165, 1.54) is 0 Å². The lowest BCUT2D eigenvalue weighted by Crippen LogP contribution is -2.26. The van der Waals surface area contributed by atoms with E-state index in [1.54, 1.807) is 24.7 Å². The third-order valence-electron chi connectivity index (χ3n) is 1.20. The van der Waals surface area contributed by atoms with Crippen LogP contribution in [0.15, 0.2) is 16.9 Å². The van der Waals surface area contributed by atoms with Gasteiger partial charge in [0.25, 0.3) is 0 Å². The van der Waals surface area contributed by atoms with Gasteiger partial charge in [-0.15, -0.1) is 0 Å². The molecule has 0 aliphatic rings. The highest BCUT2D eigenvalue weighted by molar-refractivity contribution is 9.10. The minimum atomic E-state index is -0.714. The van der Waals surface area contributed by atoms with Gasteiger partial charge in [-0.05, 0) is 35.8 Å². The predicted molar refractivity (Wildman–Crippen MR) is 46.2 cm³/mol. The molecular formula is C7H11BrN2O. The lowest BCUT2D eigenvalue weighted by molar-refractivity contribution is 0.0570. The number of hydrogen-bond acceptors (Lipinski definition) is 2. The van der Waals surface area contributed by atoms with Gasteiger partial charge in [0.05, 0.1) is 18.3 Å². The molecule has 1 aromatic heterocycles. The summed E-state index contributed by atoms with van der Waals surface area (Å²) in [6.45, 7) is 4.00. The summed E-state index contributed by atoms with van der Waals surface area (Å²) in [6.07, 6.45) is 1.69. The molecule has 0 unspecified atom stereocenters. The minimum absolute atomic E-state index is 0.501. The zero-order valence-electron chi connectivity index (χ0n) is 6.58. The Hall–Kier alpha value is -0.350. The van der Waals surface area contributed by atoms with E-state index >= 15 is 0 Å².